The SMILES string of the molecule is COc1nc(C(F)F)cc(CC(=O)O)c1C(F)(F)F. The number of methoxy groups -OCH3 is 1. The first-order chi connectivity index (χ1) is 8.66. The molecule has 9 heteroatoms. The van der Waals surface area contributed by atoms with Crippen LogP contribution in [-0.2, 0) is 17.4 Å². The van der Waals surface area contributed by atoms with Crippen molar-refractivity contribution in [3.63, 3.8) is 0 Å². The van der Waals surface area contributed by atoms with Gasteiger partial charge in [-0.1, -0.05) is 0 Å². The van der Waals surface area contributed by atoms with Crippen LogP contribution in [0.4, 0.5) is 22.0 Å². The smallest absolute Gasteiger partial charge is 0.421 e. The first kappa shape index (κ1) is 15.1. The number of carboxylic acid groups (broad SMARTS) is 1. The highest BCUT2D eigenvalue weighted by molar-refractivity contribution is 5.71. The van der Waals surface area contributed by atoms with Crippen LogP contribution in [0.5, 0.6) is 5.88 Å². The maximum Gasteiger partial charge on any atom is 0.421 e. The molecule has 0 bridgehead atoms. The lowest BCUT2D eigenvalue weighted by atomic mass is 10.0. The Morgan fingerprint density at radius 3 is 2.42 bits per heavy atom. The molecule has 0 aliphatic rings. The van der Waals surface area contributed by atoms with Crippen LogP contribution in [0.25, 0.3) is 0 Å². The van der Waals surface area contributed by atoms with Gasteiger partial charge in [0.1, 0.15) is 11.3 Å². The van der Waals surface area contributed by atoms with E-state index in [1.807, 2.05) is 0 Å². The lowest BCUT2D eigenvalue weighted by molar-refractivity contribution is -0.140. The third-order valence-corrected chi connectivity index (χ3v) is 2.13. The summed E-state index contributed by atoms with van der Waals surface area (Å²) in [5.41, 5.74) is -3.25. The van der Waals surface area contributed by atoms with E-state index >= 15 is 0 Å². The van der Waals surface area contributed by atoms with Crippen LogP contribution in [0.15, 0.2) is 6.07 Å². The van der Waals surface area contributed by atoms with Crippen molar-refractivity contribution in [2.24, 2.45) is 0 Å². The van der Waals surface area contributed by atoms with Crippen molar-refractivity contribution in [1.82, 2.24) is 4.98 Å². The number of halogens is 5. The van der Waals surface area contributed by atoms with E-state index in [0.717, 1.165) is 7.11 Å². The lowest BCUT2D eigenvalue weighted by Gasteiger charge is -2.16. The second-order valence-corrected chi connectivity index (χ2v) is 3.46. The summed E-state index contributed by atoms with van der Waals surface area (Å²) in [6.45, 7) is 0. The zero-order chi connectivity index (χ0) is 14.8. The van der Waals surface area contributed by atoms with Crippen LogP contribution in [-0.4, -0.2) is 23.2 Å². The highest BCUT2D eigenvalue weighted by Gasteiger charge is 2.39. The topological polar surface area (TPSA) is 59.4 Å². The third-order valence-electron chi connectivity index (χ3n) is 2.13. The van der Waals surface area contributed by atoms with E-state index in [0.29, 0.717) is 6.07 Å². The summed E-state index contributed by atoms with van der Waals surface area (Å²) in [6.07, 6.45) is -9.15. The van der Waals surface area contributed by atoms with Crippen LogP contribution in [0.1, 0.15) is 23.2 Å². The molecule has 1 rings (SSSR count). The summed E-state index contributed by atoms with van der Waals surface area (Å²) < 4.78 is 67.6. The molecule has 106 valence electrons. The molecular weight excluding hydrogens is 277 g/mol. The molecular formula is C10H8F5NO3. The Kier molecular flexibility index (Phi) is 4.28. The standard InChI is InChI=1S/C10H8F5NO3/c1-19-9-7(10(13,14)15)4(3-6(17)18)2-5(16-9)8(11)12/h2,8H,3H2,1H3,(H,17,18). The fourth-order valence-corrected chi connectivity index (χ4v) is 1.46. The number of hydrogen-bond acceptors (Lipinski definition) is 3. The van der Waals surface area contributed by atoms with Gasteiger partial charge in [-0.05, 0) is 11.6 Å². The van der Waals surface area contributed by atoms with Crippen molar-refractivity contribution < 1.29 is 36.6 Å². The Morgan fingerprint density at radius 1 is 1.47 bits per heavy atom. The molecule has 0 radical (unpaired) electrons. The number of aliphatic carboxylic acids is 1. The normalized spacial score (nSPS) is 11.7. The molecule has 0 aliphatic carbocycles. The lowest BCUT2D eigenvalue weighted by Crippen LogP contribution is -2.16. The maximum absolute atomic E-state index is 12.8. The predicted molar refractivity (Wildman–Crippen MR) is 52.1 cm³/mol. The van der Waals surface area contributed by atoms with E-state index in [-0.39, 0.29) is 0 Å². The van der Waals surface area contributed by atoms with Crippen LogP contribution >= 0.6 is 0 Å². The summed E-state index contributed by atoms with van der Waals surface area (Å²) >= 11 is 0. The summed E-state index contributed by atoms with van der Waals surface area (Å²) in [7, 11) is 0.831. The number of carbonyl (C=O) groups is 1. The van der Waals surface area contributed by atoms with E-state index in [1.54, 1.807) is 0 Å². The molecule has 0 aromatic carbocycles. The Labute approximate surface area is 103 Å². The van der Waals surface area contributed by atoms with Gasteiger partial charge in [-0.2, -0.15) is 13.2 Å². The second-order valence-electron chi connectivity index (χ2n) is 3.46. The molecule has 1 aromatic heterocycles. The zero-order valence-electron chi connectivity index (χ0n) is 9.46. The van der Waals surface area contributed by atoms with E-state index in [1.165, 1.54) is 0 Å². The molecule has 19 heavy (non-hydrogen) atoms. The predicted octanol–water partition coefficient (Wildman–Crippen LogP) is 2.67. The molecule has 0 saturated carbocycles. The highest BCUT2D eigenvalue weighted by atomic mass is 19.4. The summed E-state index contributed by atoms with van der Waals surface area (Å²) in [5.74, 6) is -2.65. The number of carboxylic acids is 1. The second kappa shape index (κ2) is 5.37. The summed E-state index contributed by atoms with van der Waals surface area (Å²) in [5, 5.41) is 8.53. The molecule has 1 aromatic rings. The van der Waals surface area contributed by atoms with Crippen molar-refractivity contribution in [3.8, 4) is 5.88 Å². The molecule has 0 saturated heterocycles. The number of nitrogens with zero attached hydrogens (tertiary/aromatic N) is 1. The van der Waals surface area contributed by atoms with Crippen molar-refractivity contribution in [3.05, 3.63) is 22.9 Å². The first-order valence-corrected chi connectivity index (χ1v) is 4.81. The summed E-state index contributed by atoms with van der Waals surface area (Å²) in [6, 6.07) is 0.421. The Hall–Kier alpha value is -1.93. The Morgan fingerprint density at radius 2 is 2.05 bits per heavy atom. The number of ether oxygens (including phenoxy) is 1. The largest absolute Gasteiger partial charge is 0.481 e. The number of hydrogen-bond donors (Lipinski definition) is 1. The molecule has 0 fully saturated rings. The van der Waals surface area contributed by atoms with Crippen molar-refractivity contribution >= 4 is 5.97 Å². The minimum atomic E-state index is -4.95. The van der Waals surface area contributed by atoms with Gasteiger partial charge >= 0.3 is 12.1 Å². The van der Waals surface area contributed by atoms with Gasteiger partial charge in [0, 0.05) is 0 Å². The van der Waals surface area contributed by atoms with Crippen LogP contribution in [0.3, 0.4) is 0 Å². The van der Waals surface area contributed by atoms with Gasteiger partial charge in [-0.15, -0.1) is 0 Å². The molecule has 0 unspecified atom stereocenters. The maximum atomic E-state index is 12.8. The summed E-state index contributed by atoms with van der Waals surface area (Å²) in [4.78, 5) is 13.6. The van der Waals surface area contributed by atoms with E-state index in [4.69, 9.17) is 5.11 Å². The molecule has 0 atom stereocenters. The molecule has 4 nitrogen and oxygen atoms in total. The van der Waals surface area contributed by atoms with Crippen molar-refractivity contribution in [1.29, 1.82) is 0 Å². The third kappa shape index (κ3) is 3.52. The molecule has 0 amide bonds. The van der Waals surface area contributed by atoms with E-state index in [2.05, 4.69) is 9.72 Å². The quantitative estimate of drug-likeness (QED) is 0.864. The van der Waals surface area contributed by atoms with E-state index < -0.39 is 47.7 Å². The zero-order valence-corrected chi connectivity index (χ0v) is 9.46. The van der Waals surface area contributed by atoms with Gasteiger partial charge < -0.3 is 9.84 Å². The molecule has 0 spiro atoms. The molecule has 0 aliphatic heterocycles. The van der Waals surface area contributed by atoms with Gasteiger partial charge in [0.2, 0.25) is 5.88 Å². The van der Waals surface area contributed by atoms with Crippen LogP contribution < -0.4 is 4.74 Å². The highest BCUT2D eigenvalue weighted by Crippen LogP contribution is 2.39. The fourth-order valence-electron chi connectivity index (χ4n) is 1.46. The fraction of sp³-hybridized carbons (Fsp3) is 0.400. The van der Waals surface area contributed by atoms with Gasteiger partial charge in [0.05, 0.1) is 13.5 Å². The molecule has 1 heterocycles. The Bertz CT molecular complexity index is 487. The average molecular weight is 285 g/mol. The first-order valence-electron chi connectivity index (χ1n) is 4.81. The number of alkyl halides is 5. The number of pyridine rings is 1. The van der Waals surface area contributed by atoms with Crippen LogP contribution in [0, 0.1) is 0 Å². The average Bonchev–Trinajstić information content (AvgIpc) is 2.25. The molecule has 1 N–H and O–H groups in total. The van der Waals surface area contributed by atoms with Crippen LogP contribution in [0.2, 0.25) is 0 Å². The van der Waals surface area contributed by atoms with E-state index in [9.17, 15) is 26.7 Å². The minimum Gasteiger partial charge on any atom is -0.481 e. The number of rotatable bonds is 4. The van der Waals surface area contributed by atoms with Gasteiger partial charge in [0.15, 0.2) is 0 Å². The Balaban J connectivity index is 3.52. The number of aromatic nitrogens is 1. The van der Waals surface area contributed by atoms with Crippen molar-refractivity contribution in [2.75, 3.05) is 7.11 Å². The van der Waals surface area contributed by atoms with Gasteiger partial charge in [-0.25, -0.2) is 13.8 Å². The van der Waals surface area contributed by atoms with Gasteiger partial charge in [-0.3, -0.25) is 4.79 Å². The van der Waals surface area contributed by atoms with Gasteiger partial charge in [0.25, 0.3) is 6.43 Å². The minimum absolute atomic E-state index is 0.421. The monoisotopic (exact) mass is 285 g/mol. The van der Waals surface area contributed by atoms with Crippen molar-refractivity contribution in [2.45, 2.75) is 19.0 Å².